The monoisotopic (exact) mass is 399 g/mol. The maximum Gasteiger partial charge on any atom is 0.325 e. The first-order valence-corrected chi connectivity index (χ1v) is 10.3. The van der Waals surface area contributed by atoms with Gasteiger partial charge in [-0.2, -0.15) is 0 Å². The number of nitrogens with two attached hydrogens (primary N) is 1. The molecule has 29 heavy (non-hydrogen) atoms. The Morgan fingerprint density at radius 1 is 1.00 bits per heavy atom. The van der Waals surface area contributed by atoms with Crippen LogP contribution in [0.5, 0.6) is 11.5 Å². The zero-order valence-electron chi connectivity index (χ0n) is 17.8. The Morgan fingerprint density at radius 2 is 1.76 bits per heavy atom. The molecule has 2 aromatic carbocycles. The SMILES string of the molecule is CCOC(=O)[C@](C)(N)CCc1ccc(OCCCCc2ccccc2)c(OC)c1. The number of carbonyl (C=O) groups is 1. The van der Waals surface area contributed by atoms with E-state index in [1.54, 1.807) is 21.0 Å². The Balaban J connectivity index is 1.82. The van der Waals surface area contributed by atoms with Gasteiger partial charge in [-0.1, -0.05) is 36.4 Å². The normalized spacial score (nSPS) is 12.8. The average molecular weight is 400 g/mol. The minimum atomic E-state index is -1.00. The molecule has 0 amide bonds. The average Bonchev–Trinajstić information content (AvgIpc) is 2.73. The van der Waals surface area contributed by atoms with Crippen molar-refractivity contribution in [3.05, 3.63) is 59.7 Å². The summed E-state index contributed by atoms with van der Waals surface area (Å²) in [7, 11) is 1.63. The van der Waals surface area contributed by atoms with Crippen molar-refractivity contribution in [2.45, 2.75) is 51.5 Å². The molecule has 0 fully saturated rings. The van der Waals surface area contributed by atoms with E-state index < -0.39 is 5.54 Å². The summed E-state index contributed by atoms with van der Waals surface area (Å²) < 4.78 is 16.4. The second-order valence-corrected chi connectivity index (χ2v) is 7.41. The van der Waals surface area contributed by atoms with Crippen LogP contribution in [0.15, 0.2) is 48.5 Å². The van der Waals surface area contributed by atoms with Crippen LogP contribution < -0.4 is 15.2 Å². The molecule has 0 aliphatic heterocycles. The second kappa shape index (κ2) is 11.5. The smallest absolute Gasteiger partial charge is 0.325 e. The Morgan fingerprint density at radius 3 is 2.45 bits per heavy atom. The lowest BCUT2D eigenvalue weighted by Gasteiger charge is -2.22. The third-order valence-electron chi connectivity index (χ3n) is 4.86. The van der Waals surface area contributed by atoms with Crippen LogP contribution in [-0.4, -0.2) is 31.8 Å². The van der Waals surface area contributed by atoms with E-state index in [9.17, 15) is 4.79 Å². The van der Waals surface area contributed by atoms with Crippen molar-refractivity contribution in [3.8, 4) is 11.5 Å². The number of ether oxygens (including phenoxy) is 3. The minimum absolute atomic E-state index is 0.330. The molecule has 0 unspecified atom stereocenters. The number of hydrogen-bond acceptors (Lipinski definition) is 5. The second-order valence-electron chi connectivity index (χ2n) is 7.41. The standard InChI is InChI=1S/C24H33NO4/c1-4-28-23(26)24(2,25)16-15-20-13-14-21(22(18-20)27-3)29-17-9-8-12-19-10-6-5-7-11-19/h5-7,10-11,13-14,18H,4,8-9,12,15-17,25H2,1-3H3/t24-/m1/s1. The molecule has 2 aromatic rings. The molecule has 0 heterocycles. The lowest BCUT2D eigenvalue weighted by atomic mass is 9.94. The molecule has 158 valence electrons. The Kier molecular flexibility index (Phi) is 9.00. The molecule has 0 aliphatic rings. The number of unbranched alkanes of at least 4 members (excludes halogenated alkanes) is 1. The highest BCUT2D eigenvalue weighted by molar-refractivity contribution is 5.80. The van der Waals surface area contributed by atoms with Gasteiger partial charge in [-0.25, -0.2) is 0 Å². The van der Waals surface area contributed by atoms with Gasteiger partial charge in [0.15, 0.2) is 11.5 Å². The van der Waals surface area contributed by atoms with Gasteiger partial charge in [0.2, 0.25) is 0 Å². The van der Waals surface area contributed by atoms with Crippen molar-refractivity contribution < 1.29 is 19.0 Å². The van der Waals surface area contributed by atoms with Crippen LogP contribution in [0.4, 0.5) is 0 Å². The largest absolute Gasteiger partial charge is 0.493 e. The summed E-state index contributed by atoms with van der Waals surface area (Å²) in [6.45, 7) is 4.46. The highest BCUT2D eigenvalue weighted by Gasteiger charge is 2.29. The van der Waals surface area contributed by atoms with Crippen LogP contribution in [0.3, 0.4) is 0 Å². The summed E-state index contributed by atoms with van der Waals surface area (Å²) >= 11 is 0. The highest BCUT2D eigenvalue weighted by atomic mass is 16.5. The summed E-state index contributed by atoms with van der Waals surface area (Å²) in [6.07, 6.45) is 4.25. The molecule has 0 bridgehead atoms. The summed E-state index contributed by atoms with van der Waals surface area (Å²) in [5.41, 5.74) is 7.49. The molecule has 0 aromatic heterocycles. The Bertz CT molecular complexity index is 759. The first kappa shape index (κ1) is 22.8. The van der Waals surface area contributed by atoms with Gasteiger partial charge in [0, 0.05) is 0 Å². The third kappa shape index (κ3) is 7.42. The number of aryl methyl sites for hydroxylation is 2. The van der Waals surface area contributed by atoms with Gasteiger partial charge >= 0.3 is 5.97 Å². The van der Waals surface area contributed by atoms with Crippen LogP contribution in [0.25, 0.3) is 0 Å². The topological polar surface area (TPSA) is 70.8 Å². The van der Waals surface area contributed by atoms with Gasteiger partial charge in [-0.3, -0.25) is 4.79 Å². The van der Waals surface area contributed by atoms with Crippen LogP contribution in [0.1, 0.15) is 44.2 Å². The molecule has 1 atom stereocenters. The van der Waals surface area contributed by atoms with Crippen LogP contribution >= 0.6 is 0 Å². The van der Waals surface area contributed by atoms with E-state index in [1.807, 2.05) is 24.3 Å². The Labute approximate surface area is 174 Å². The molecular weight excluding hydrogens is 366 g/mol. The fourth-order valence-corrected chi connectivity index (χ4v) is 3.05. The van der Waals surface area contributed by atoms with Gasteiger partial charge in [0.1, 0.15) is 5.54 Å². The third-order valence-corrected chi connectivity index (χ3v) is 4.86. The number of rotatable bonds is 12. The van der Waals surface area contributed by atoms with Crippen LogP contribution in [-0.2, 0) is 22.4 Å². The van der Waals surface area contributed by atoms with Gasteiger partial charge < -0.3 is 19.9 Å². The quantitative estimate of drug-likeness (QED) is 0.425. The van der Waals surface area contributed by atoms with Crippen molar-refractivity contribution in [2.24, 2.45) is 5.73 Å². The molecule has 0 saturated carbocycles. The predicted molar refractivity (Wildman–Crippen MR) is 115 cm³/mol. The van der Waals surface area contributed by atoms with E-state index >= 15 is 0 Å². The molecular formula is C24H33NO4. The number of benzene rings is 2. The van der Waals surface area contributed by atoms with Crippen molar-refractivity contribution >= 4 is 5.97 Å². The molecule has 5 heteroatoms. The Hall–Kier alpha value is -2.53. The summed E-state index contributed by atoms with van der Waals surface area (Å²) in [5.74, 6) is 1.06. The van der Waals surface area contributed by atoms with Gasteiger partial charge in [0.25, 0.3) is 0 Å². The van der Waals surface area contributed by atoms with E-state index in [4.69, 9.17) is 19.9 Å². The number of hydrogen-bond donors (Lipinski definition) is 1. The van der Waals surface area contributed by atoms with Gasteiger partial charge in [0.05, 0.1) is 20.3 Å². The molecule has 0 aliphatic carbocycles. The first-order chi connectivity index (χ1) is 14.0. The van der Waals surface area contributed by atoms with E-state index in [1.165, 1.54) is 5.56 Å². The summed E-state index contributed by atoms with van der Waals surface area (Å²) in [5, 5.41) is 0. The number of methoxy groups -OCH3 is 1. The molecule has 0 spiro atoms. The van der Waals surface area contributed by atoms with Gasteiger partial charge in [-0.15, -0.1) is 0 Å². The fraction of sp³-hybridized carbons (Fsp3) is 0.458. The highest BCUT2D eigenvalue weighted by Crippen LogP contribution is 2.29. The minimum Gasteiger partial charge on any atom is -0.493 e. The van der Waals surface area contributed by atoms with Crippen molar-refractivity contribution in [3.63, 3.8) is 0 Å². The maximum absolute atomic E-state index is 11.9. The van der Waals surface area contributed by atoms with Crippen molar-refractivity contribution in [1.82, 2.24) is 0 Å². The number of esters is 1. The molecule has 0 saturated heterocycles. The molecule has 0 radical (unpaired) electrons. The zero-order valence-corrected chi connectivity index (χ0v) is 17.8. The lowest BCUT2D eigenvalue weighted by Crippen LogP contribution is -2.46. The van der Waals surface area contributed by atoms with Crippen molar-refractivity contribution in [2.75, 3.05) is 20.3 Å². The van der Waals surface area contributed by atoms with Crippen LogP contribution in [0, 0.1) is 0 Å². The molecule has 5 nitrogen and oxygen atoms in total. The van der Waals surface area contributed by atoms with E-state index in [0.717, 1.165) is 30.6 Å². The van der Waals surface area contributed by atoms with Crippen molar-refractivity contribution in [1.29, 1.82) is 0 Å². The lowest BCUT2D eigenvalue weighted by molar-refractivity contribution is -0.149. The fourth-order valence-electron chi connectivity index (χ4n) is 3.05. The summed E-state index contributed by atoms with van der Waals surface area (Å²) in [4.78, 5) is 11.9. The van der Waals surface area contributed by atoms with E-state index in [2.05, 4.69) is 24.3 Å². The molecule has 2 rings (SSSR count). The van der Waals surface area contributed by atoms with E-state index in [0.29, 0.717) is 31.8 Å². The molecule has 2 N–H and O–H groups in total. The summed E-state index contributed by atoms with van der Waals surface area (Å²) in [6, 6.07) is 16.3. The first-order valence-electron chi connectivity index (χ1n) is 10.3. The maximum atomic E-state index is 11.9. The number of carbonyl (C=O) groups excluding carboxylic acids is 1. The van der Waals surface area contributed by atoms with Gasteiger partial charge in [-0.05, 0) is 69.2 Å². The zero-order chi connectivity index (χ0) is 21.1. The van der Waals surface area contributed by atoms with E-state index in [-0.39, 0.29) is 5.97 Å². The predicted octanol–water partition coefficient (Wildman–Crippen LogP) is 4.31. The van der Waals surface area contributed by atoms with Crippen LogP contribution in [0.2, 0.25) is 0 Å².